The minimum atomic E-state index is -4.55. The Balaban J connectivity index is 1.77. The molecule has 0 aromatic heterocycles. The van der Waals surface area contributed by atoms with Crippen LogP contribution in [0.4, 0.5) is 18.9 Å². The molecular formula is C21H22F3N3O5S. The van der Waals surface area contributed by atoms with Crippen molar-refractivity contribution in [2.45, 2.75) is 30.3 Å². The van der Waals surface area contributed by atoms with Gasteiger partial charge in [0.1, 0.15) is 0 Å². The third-order valence-corrected chi connectivity index (χ3v) is 7.60. The van der Waals surface area contributed by atoms with Crippen molar-refractivity contribution in [2.75, 3.05) is 26.2 Å². The van der Waals surface area contributed by atoms with Gasteiger partial charge in [0, 0.05) is 32.2 Å². The second kappa shape index (κ2) is 8.75. The fourth-order valence-corrected chi connectivity index (χ4v) is 5.28. The van der Waals surface area contributed by atoms with Gasteiger partial charge in [-0.2, -0.15) is 17.5 Å². The Morgan fingerprint density at radius 2 is 1.55 bits per heavy atom. The molecular weight excluding hydrogens is 463 g/mol. The summed E-state index contributed by atoms with van der Waals surface area (Å²) in [6.45, 7) is 2.84. The van der Waals surface area contributed by atoms with E-state index >= 15 is 0 Å². The summed E-state index contributed by atoms with van der Waals surface area (Å²) in [5, 5.41) is 11.2. The van der Waals surface area contributed by atoms with Crippen molar-refractivity contribution < 1.29 is 31.3 Å². The molecule has 1 aliphatic heterocycles. The van der Waals surface area contributed by atoms with Gasteiger partial charge >= 0.3 is 6.18 Å². The molecule has 0 aliphatic carbocycles. The molecule has 8 nitrogen and oxygen atoms in total. The Bertz CT molecular complexity index is 1170. The lowest BCUT2D eigenvalue weighted by atomic mass is 9.82. The molecule has 0 saturated carbocycles. The number of nitrogens with zero attached hydrogens (tertiary/aromatic N) is 3. The molecule has 0 atom stereocenters. The van der Waals surface area contributed by atoms with E-state index in [4.69, 9.17) is 0 Å². The highest BCUT2D eigenvalue weighted by atomic mass is 32.2. The number of piperazine rings is 1. The van der Waals surface area contributed by atoms with Crippen molar-refractivity contribution in [1.82, 2.24) is 9.21 Å². The number of carbonyl (C=O) groups excluding carboxylic acids is 1. The second-order valence-electron chi connectivity index (χ2n) is 8.12. The third kappa shape index (κ3) is 4.86. The molecule has 0 radical (unpaired) electrons. The third-order valence-electron chi connectivity index (χ3n) is 5.65. The second-order valence-corrected chi connectivity index (χ2v) is 10.0. The van der Waals surface area contributed by atoms with Gasteiger partial charge in [-0.3, -0.25) is 14.9 Å². The average molecular weight is 485 g/mol. The first-order chi connectivity index (χ1) is 15.3. The largest absolute Gasteiger partial charge is 0.416 e. The highest BCUT2D eigenvalue weighted by molar-refractivity contribution is 7.89. The van der Waals surface area contributed by atoms with Crippen LogP contribution in [0.5, 0.6) is 0 Å². The van der Waals surface area contributed by atoms with E-state index in [9.17, 15) is 36.5 Å². The molecule has 1 fully saturated rings. The number of amides is 1. The molecule has 2 aromatic carbocycles. The van der Waals surface area contributed by atoms with Crippen molar-refractivity contribution in [1.29, 1.82) is 0 Å². The summed E-state index contributed by atoms with van der Waals surface area (Å²) < 4.78 is 66.2. The Kier molecular flexibility index (Phi) is 6.53. The van der Waals surface area contributed by atoms with Crippen molar-refractivity contribution in [3.05, 3.63) is 69.8 Å². The van der Waals surface area contributed by atoms with Crippen LogP contribution < -0.4 is 0 Å². The zero-order valence-electron chi connectivity index (χ0n) is 17.9. The molecule has 1 aliphatic rings. The van der Waals surface area contributed by atoms with Crippen molar-refractivity contribution >= 4 is 21.6 Å². The standard InChI is InChI=1S/C21H22F3N3O5S/c1-20(2,15-6-5-7-16(14-15)21(22,23)24)19(28)25-10-12-26(13-11-25)33(31,32)18-9-4-3-8-17(18)27(29)30/h3-9,14H,10-13H2,1-2H3. The van der Waals surface area contributed by atoms with E-state index in [-0.39, 0.29) is 31.7 Å². The van der Waals surface area contributed by atoms with E-state index in [0.29, 0.717) is 0 Å². The van der Waals surface area contributed by atoms with Gasteiger partial charge in [0.15, 0.2) is 4.90 Å². The quantitative estimate of drug-likeness (QED) is 0.477. The number of carbonyl (C=O) groups is 1. The van der Waals surface area contributed by atoms with E-state index in [2.05, 4.69) is 0 Å². The van der Waals surface area contributed by atoms with Gasteiger partial charge in [-0.25, -0.2) is 8.42 Å². The number of halogens is 3. The summed E-state index contributed by atoms with van der Waals surface area (Å²) in [5.41, 5.74) is -2.49. The zero-order chi connectivity index (χ0) is 24.6. The number of nitro groups is 1. The zero-order valence-corrected chi connectivity index (χ0v) is 18.7. The Morgan fingerprint density at radius 1 is 0.970 bits per heavy atom. The molecule has 1 amide bonds. The van der Waals surface area contributed by atoms with Crippen LogP contribution in [0.1, 0.15) is 25.0 Å². The molecule has 0 spiro atoms. The number of hydrogen-bond donors (Lipinski definition) is 0. The summed E-state index contributed by atoms with van der Waals surface area (Å²) in [7, 11) is -4.17. The number of sulfonamides is 1. The lowest BCUT2D eigenvalue weighted by Gasteiger charge is -2.38. The molecule has 33 heavy (non-hydrogen) atoms. The van der Waals surface area contributed by atoms with E-state index in [1.807, 2.05) is 0 Å². The Hall–Kier alpha value is -2.99. The molecule has 178 valence electrons. The van der Waals surface area contributed by atoms with Gasteiger partial charge in [-0.05, 0) is 31.5 Å². The molecule has 0 unspecified atom stereocenters. The van der Waals surface area contributed by atoms with Gasteiger partial charge in [0.05, 0.1) is 15.9 Å². The normalized spacial score (nSPS) is 16.0. The van der Waals surface area contributed by atoms with Gasteiger partial charge in [-0.1, -0.05) is 30.3 Å². The maximum absolute atomic E-state index is 13.1. The molecule has 0 bridgehead atoms. The van der Waals surface area contributed by atoms with Crippen LogP contribution in [-0.2, 0) is 26.4 Å². The van der Waals surface area contributed by atoms with Crippen molar-refractivity contribution in [3.8, 4) is 0 Å². The fourth-order valence-electron chi connectivity index (χ4n) is 3.70. The summed E-state index contributed by atoms with van der Waals surface area (Å²) in [4.78, 5) is 24.6. The van der Waals surface area contributed by atoms with Crippen LogP contribution in [0.2, 0.25) is 0 Å². The maximum atomic E-state index is 13.1. The van der Waals surface area contributed by atoms with Crippen molar-refractivity contribution in [2.24, 2.45) is 0 Å². The van der Waals surface area contributed by atoms with Crippen molar-refractivity contribution in [3.63, 3.8) is 0 Å². The van der Waals surface area contributed by atoms with Crippen LogP contribution in [0.3, 0.4) is 0 Å². The number of nitro benzene ring substituents is 1. The van der Waals surface area contributed by atoms with Gasteiger partial charge < -0.3 is 4.90 Å². The summed E-state index contributed by atoms with van der Waals surface area (Å²) in [5.74, 6) is -0.440. The highest BCUT2D eigenvalue weighted by Gasteiger charge is 2.40. The monoisotopic (exact) mass is 485 g/mol. The summed E-state index contributed by atoms with van der Waals surface area (Å²) in [6, 6.07) is 9.56. The van der Waals surface area contributed by atoms with Crippen LogP contribution in [-0.4, -0.2) is 54.6 Å². The van der Waals surface area contributed by atoms with E-state index in [1.165, 1.54) is 43.0 Å². The average Bonchev–Trinajstić information content (AvgIpc) is 2.78. The first-order valence-corrected chi connectivity index (χ1v) is 11.4. The van der Waals surface area contributed by atoms with E-state index in [0.717, 1.165) is 28.6 Å². The number of alkyl halides is 3. The summed E-state index contributed by atoms with van der Waals surface area (Å²) >= 11 is 0. The van der Waals surface area contributed by atoms with Gasteiger partial charge in [-0.15, -0.1) is 0 Å². The van der Waals surface area contributed by atoms with E-state index < -0.39 is 48.6 Å². The first-order valence-electron chi connectivity index (χ1n) is 9.97. The van der Waals surface area contributed by atoms with Gasteiger partial charge in [0.25, 0.3) is 5.69 Å². The molecule has 2 aromatic rings. The van der Waals surface area contributed by atoms with Crippen LogP contribution in [0.15, 0.2) is 53.4 Å². The molecule has 1 saturated heterocycles. The summed E-state index contributed by atoms with van der Waals surface area (Å²) in [6.07, 6.45) is -4.55. The first kappa shape index (κ1) is 24.6. The van der Waals surface area contributed by atoms with Gasteiger partial charge in [0.2, 0.25) is 15.9 Å². The minimum absolute atomic E-state index is 0.00108. The predicted octanol–water partition coefficient (Wildman–Crippen LogP) is 3.42. The Morgan fingerprint density at radius 3 is 2.12 bits per heavy atom. The highest BCUT2D eigenvalue weighted by Crippen LogP contribution is 2.34. The predicted molar refractivity (Wildman–Crippen MR) is 113 cm³/mol. The van der Waals surface area contributed by atoms with Crippen LogP contribution in [0, 0.1) is 10.1 Å². The maximum Gasteiger partial charge on any atom is 0.416 e. The van der Waals surface area contributed by atoms with E-state index in [1.54, 1.807) is 0 Å². The smallest absolute Gasteiger partial charge is 0.339 e. The fraction of sp³-hybridized carbons (Fsp3) is 0.381. The Labute approximate surface area is 188 Å². The van der Waals surface area contributed by atoms with Crippen LogP contribution >= 0.6 is 0 Å². The molecule has 3 rings (SSSR count). The number of rotatable bonds is 5. The van der Waals surface area contributed by atoms with Crippen LogP contribution in [0.25, 0.3) is 0 Å². The lowest BCUT2D eigenvalue weighted by Crippen LogP contribution is -2.54. The topological polar surface area (TPSA) is 101 Å². The molecule has 0 N–H and O–H groups in total. The number of hydrogen-bond acceptors (Lipinski definition) is 5. The molecule has 1 heterocycles. The number of para-hydroxylation sites is 1. The lowest BCUT2D eigenvalue weighted by molar-refractivity contribution is -0.387. The molecule has 12 heteroatoms. The minimum Gasteiger partial charge on any atom is -0.339 e. The number of benzene rings is 2. The SMILES string of the molecule is CC(C)(C(=O)N1CCN(S(=O)(=O)c2ccccc2[N+](=O)[O-])CC1)c1cccc(C(F)(F)F)c1.